The van der Waals surface area contributed by atoms with Gasteiger partial charge in [-0.2, -0.15) is 11.1 Å². The molecule has 4 rings (SSSR count). The molecule has 0 bridgehead atoms. The zero-order valence-electron chi connectivity index (χ0n) is 21.9. The maximum atomic E-state index is 5.54. The Bertz CT molecular complexity index is 1100. The second-order valence-corrected chi connectivity index (χ2v) is 7.54. The molecular weight excluding hydrogens is 516 g/mol. The second-order valence-electron chi connectivity index (χ2n) is 7.54. The van der Waals surface area contributed by atoms with Crippen LogP contribution in [0.25, 0.3) is 21.9 Å². The van der Waals surface area contributed by atoms with Gasteiger partial charge in [-0.05, 0) is 0 Å². The van der Waals surface area contributed by atoms with Crippen molar-refractivity contribution in [1.29, 1.82) is 0 Å². The van der Waals surface area contributed by atoms with E-state index in [2.05, 4.69) is 64.9 Å². The number of rotatable bonds is 4. The fourth-order valence-electron chi connectivity index (χ4n) is 3.80. The van der Waals surface area contributed by atoms with E-state index >= 15 is 0 Å². The molecule has 0 amide bonds. The van der Waals surface area contributed by atoms with Crippen LogP contribution in [0.4, 0.5) is 0 Å². The first-order valence-corrected chi connectivity index (χ1v) is 14.6. The van der Waals surface area contributed by atoms with Gasteiger partial charge in [-0.3, -0.25) is 6.08 Å². The summed E-state index contributed by atoms with van der Waals surface area (Å²) in [6, 6.07) is 16.2. The van der Waals surface area contributed by atoms with Crippen LogP contribution in [0, 0.1) is 26.8 Å². The van der Waals surface area contributed by atoms with Crippen LogP contribution in [0.5, 0.6) is 17.2 Å². The summed E-state index contributed by atoms with van der Waals surface area (Å²) in [6.07, 6.45) is 3.36. The van der Waals surface area contributed by atoms with E-state index in [1.54, 1.807) is 21.3 Å². The summed E-state index contributed by atoms with van der Waals surface area (Å²) in [5.41, 5.74) is 6.29. The van der Waals surface area contributed by atoms with Gasteiger partial charge in [-0.25, -0.2) is 5.57 Å². The van der Waals surface area contributed by atoms with E-state index in [1.807, 2.05) is 24.3 Å². The van der Waals surface area contributed by atoms with Gasteiger partial charge in [0.1, 0.15) is 17.2 Å². The number of fused-ring (bicyclic) bond motifs is 1. The van der Waals surface area contributed by atoms with E-state index in [0.29, 0.717) is 11.7 Å². The molecule has 0 spiro atoms. The zero-order valence-corrected chi connectivity index (χ0v) is 25.4. The summed E-state index contributed by atoms with van der Waals surface area (Å²) in [5.74, 6) is 2.75. The van der Waals surface area contributed by atoms with Gasteiger partial charge in [-0.1, -0.05) is 32.8 Å². The van der Waals surface area contributed by atoms with Crippen molar-refractivity contribution in [3.8, 4) is 28.4 Å². The molecule has 1 atom stereocenters. The molecule has 0 aromatic heterocycles. The molecule has 2 radical (unpaired) electrons. The molecule has 0 fully saturated rings. The van der Waals surface area contributed by atoms with Crippen LogP contribution in [0.3, 0.4) is 0 Å². The molecule has 3 nitrogen and oxygen atoms in total. The standard InChI is InChI=1S/C18H17O3.C9H13.2CH3.Si.Zr/c1-19-13-10-16(20-2)18(17(11-13)21-3)15-9-8-12-6-4-5-7-14(12)15;1-6-5-7(2)9(4)8(6)3;;;;/h4-11H,1-3H3;6H,1-4H3;2*1H3;;/q4*-1;;. The molecule has 5 heteroatoms. The van der Waals surface area contributed by atoms with Crippen molar-refractivity contribution in [2.45, 2.75) is 27.7 Å². The van der Waals surface area contributed by atoms with E-state index in [1.165, 1.54) is 50.8 Å². The Balaban J connectivity index is 0.000000713. The maximum absolute atomic E-state index is 5.54. The summed E-state index contributed by atoms with van der Waals surface area (Å²) in [5, 5.41) is 2.38. The van der Waals surface area contributed by atoms with Gasteiger partial charge >= 0.3 is 30.2 Å². The molecule has 0 heterocycles. The number of benzene rings is 2. The van der Waals surface area contributed by atoms with Crippen LogP contribution < -0.4 is 14.2 Å². The van der Waals surface area contributed by atoms with E-state index in [9.17, 15) is 0 Å². The van der Waals surface area contributed by atoms with Crippen molar-refractivity contribution in [1.82, 2.24) is 0 Å². The van der Waals surface area contributed by atoms with Crippen LogP contribution in [-0.2, 0) is 23.3 Å². The first kappa shape index (κ1) is 32.0. The molecule has 0 aliphatic heterocycles. The molecule has 1 aliphatic rings. The fourth-order valence-corrected chi connectivity index (χ4v) is 3.80. The third kappa shape index (κ3) is 7.02. The summed E-state index contributed by atoms with van der Waals surface area (Å²) < 4.78 is 16.4. The fraction of sp³-hybridized carbons (Fsp3) is 0.276. The van der Waals surface area contributed by atoms with Crippen LogP contribution in [0.15, 0.2) is 65.3 Å². The second kappa shape index (κ2) is 15.1. The van der Waals surface area contributed by atoms with Gasteiger partial charge in [0, 0.05) is 17.7 Å². The van der Waals surface area contributed by atoms with Gasteiger partial charge in [0.05, 0.1) is 21.3 Å². The van der Waals surface area contributed by atoms with Gasteiger partial charge in [0.15, 0.2) is 0 Å². The average Bonchev–Trinajstić information content (AvgIpc) is 3.36. The van der Waals surface area contributed by atoms with Crippen molar-refractivity contribution in [2.24, 2.45) is 5.92 Å². The van der Waals surface area contributed by atoms with E-state index in [-0.39, 0.29) is 14.9 Å². The number of methoxy groups -OCH3 is 3. The van der Waals surface area contributed by atoms with Gasteiger partial charge in [0.25, 0.3) is 0 Å². The summed E-state index contributed by atoms with van der Waals surface area (Å²) in [7, 11) is 4.94. The van der Waals surface area contributed by atoms with Gasteiger partial charge < -0.3 is 29.1 Å². The van der Waals surface area contributed by atoms with Crippen LogP contribution in [-0.4, -0.2) is 28.2 Å². The molecule has 0 saturated heterocycles. The number of ether oxygens (including phenoxy) is 3. The zero-order chi connectivity index (χ0) is 23.8. The molecule has 0 saturated carbocycles. The summed E-state index contributed by atoms with van der Waals surface area (Å²) >= 11 is 1.36. The predicted molar refractivity (Wildman–Crippen MR) is 143 cm³/mol. The monoisotopic (exact) mass is 550 g/mol. The van der Waals surface area contributed by atoms with Crippen LogP contribution >= 0.6 is 0 Å². The Hall–Kier alpha value is -1.97. The molecule has 3 aromatic rings. The van der Waals surface area contributed by atoms with E-state index in [0.717, 1.165) is 22.6 Å². The summed E-state index contributed by atoms with van der Waals surface area (Å²) in [4.78, 5) is 0. The molecular formula is C29H36O3SiZr-4. The minimum atomic E-state index is 0. The molecule has 34 heavy (non-hydrogen) atoms. The van der Waals surface area contributed by atoms with Crippen molar-refractivity contribution >= 4 is 17.7 Å². The first-order chi connectivity index (χ1) is 15.4. The Morgan fingerprint density at radius 2 is 1.47 bits per heavy atom. The topological polar surface area (TPSA) is 27.7 Å². The van der Waals surface area contributed by atoms with Gasteiger partial charge in [-0.15, -0.1) is 53.6 Å². The van der Waals surface area contributed by atoms with Crippen molar-refractivity contribution < 1.29 is 37.5 Å². The van der Waals surface area contributed by atoms with Crippen LogP contribution in [0.1, 0.15) is 27.7 Å². The molecule has 0 N–H and O–H groups in total. The predicted octanol–water partition coefficient (Wildman–Crippen LogP) is 7.49. The van der Waals surface area contributed by atoms with Gasteiger partial charge in [0.2, 0.25) is 0 Å². The number of hydrogen-bond donors (Lipinski definition) is 0. The van der Waals surface area contributed by atoms with Crippen molar-refractivity contribution in [3.63, 3.8) is 0 Å². The van der Waals surface area contributed by atoms with Crippen LogP contribution in [0.2, 0.25) is 0 Å². The normalized spacial score (nSPS) is 13.8. The average molecular weight is 552 g/mol. The molecule has 1 unspecified atom stereocenters. The van der Waals surface area contributed by atoms with E-state index < -0.39 is 0 Å². The Morgan fingerprint density at radius 3 is 1.88 bits per heavy atom. The molecule has 182 valence electrons. The quantitative estimate of drug-likeness (QED) is 0.248. The summed E-state index contributed by atoms with van der Waals surface area (Å²) in [6.45, 7) is 11.7. The Kier molecular flexibility index (Phi) is 14.2. The van der Waals surface area contributed by atoms with E-state index in [4.69, 9.17) is 14.2 Å². The third-order valence-electron chi connectivity index (χ3n) is 5.90. The number of allylic oxidation sites excluding steroid dienone is 4. The van der Waals surface area contributed by atoms with Crippen molar-refractivity contribution in [2.75, 3.05) is 21.3 Å². The molecule has 1 aliphatic carbocycles. The Morgan fingerprint density at radius 1 is 0.912 bits per heavy atom. The molecule has 3 aromatic carbocycles. The first-order valence-electron chi connectivity index (χ1n) is 10.4. The minimum absolute atomic E-state index is 0. The number of hydrogen-bond acceptors (Lipinski definition) is 3. The Labute approximate surface area is 223 Å². The van der Waals surface area contributed by atoms with Crippen molar-refractivity contribution in [3.05, 3.63) is 86.2 Å². The SMILES string of the molecule is CC1=[C-]C(C)C(C)=C1C.COc1cc(OC)c(-c2c[cH-]c3ccccc23)c(OC)c1.[CH3-].[CH3-].[Si]=[Zr]. The third-order valence-corrected chi connectivity index (χ3v) is 5.90.